The lowest BCUT2D eigenvalue weighted by molar-refractivity contribution is -0.317. The van der Waals surface area contributed by atoms with E-state index in [1.165, 1.54) is 14.0 Å². The van der Waals surface area contributed by atoms with Crippen LogP contribution < -0.4 is 0 Å². The fraction of sp³-hybridized carbons (Fsp3) is 0.829. The number of aliphatic hydroxyl groups is 4. The summed E-state index contributed by atoms with van der Waals surface area (Å²) in [5.41, 5.74) is -3.17. The van der Waals surface area contributed by atoms with Crippen molar-refractivity contribution in [3.05, 3.63) is 11.3 Å². The van der Waals surface area contributed by atoms with Crippen LogP contribution in [-0.4, -0.2) is 136 Å². The molecule has 4 aliphatic rings. The van der Waals surface area contributed by atoms with E-state index in [2.05, 4.69) is 11.8 Å². The molecule has 17 atom stereocenters. The number of methoxy groups -OCH3 is 1. The highest BCUT2D eigenvalue weighted by molar-refractivity contribution is 5.73. The molecule has 0 aromatic carbocycles. The van der Waals surface area contributed by atoms with Crippen LogP contribution in [0.25, 0.3) is 0 Å². The van der Waals surface area contributed by atoms with Crippen molar-refractivity contribution < 1.29 is 58.4 Å². The van der Waals surface area contributed by atoms with Crippen molar-refractivity contribution in [3.63, 3.8) is 0 Å². The van der Waals surface area contributed by atoms with Crippen molar-refractivity contribution in [1.29, 1.82) is 0 Å². The quantitative estimate of drug-likeness (QED) is 0.200. The molecule has 4 aliphatic heterocycles. The molecule has 0 radical (unpaired) electrons. The number of nitrogens with zero attached hydrogens (tertiary/aromatic N) is 1. The first-order chi connectivity index (χ1) is 25.2. The zero-order valence-electron chi connectivity index (χ0n) is 34.0. The van der Waals surface area contributed by atoms with E-state index in [4.69, 9.17) is 46.0 Å². The van der Waals surface area contributed by atoms with E-state index in [-0.39, 0.29) is 32.0 Å². The first-order valence-corrected chi connectivity index (χ1v) is 19.3. The molecule has 3 saturated heterocycles. The number of rotatable bonds is 9. The SMILES string of the molecule is C#CCN(CC#C)[C@H]1C[C@@H](C)O[C@@H](O[C@@H]2[C@@H](C)[C@H](O[C@H]3C[C@@](C)(OC)[C@@H](O)[C@H](C)O3)[C@@H](C)C(=O)O[C@H](CC)[C@@](C)(O)[C@H](O)[C@@H](C)C3=C(C)C[C@@]2(C)O3)[C@@H]1O. The Bertz CT molecular complexity index is 1410. The van der Waals surface area contributed by atoms with Crippen molar-refractivity contribution in [3.8, 4) is 24.7 Å². The molecule has 13 nitrogen and oxygen atoms in total. The Morgan fingerprint density at radius 3 is 2.17 bits per heavy atom. The highest BCUT2D eigenvalue weighted by Gasteiger charge is 2.56. The fourth-order valence-electron chi connectivity index (χ4n) is 9.10. The van der Waals surface area contributed by atoms with Gasteiger partial charge < -0.3 is 53.6 Å². The minimum absolute atomic E-state index is 0.143. The average molecular weight is 764 g/mol. The van der Waals surface area contributed by atoms with E-state index in [1.54, 1.807) is 34.6 Å². The predicted octanol–water partition coefficient (Wildman–Crippen LogP) is 2.90. The van der Waals surface area contributed by atoms with E-state index in [0.717, 1.165) is 5.57 Å². The Kier molecular flexibility index (Phi) is 14.4. The van der Waals surface area contributed by atoms with Gasteiger partial charge in [0.25, 0.3) is 0 Å². The van der Waals surface area contributed by atoms with E-state index in [9.17, 15) is 25.2 Å². The van der Waals surface area contributed by atoms with Gasteiger partial charge in [-0.2, -0.15) is 0 Å². The molecule has 13 heteroatoms. The maximum atomic E-state index is 14.2. The van der Waals surface area contributed by atoms with Crippen LogP contribution in [0.5, 0.6) is 0 Å². The van der Waals surface area contributed by atoms with E-state index in [1.807, 2.05) is 32.6 Å². The second kappa shape index (κ2) is 17.5. The largest absolute Gasteiger partial charge is 0.489 e. The summed E-state index contributed by atoms with van der Waals surface area (Å²) >= 11 is 0. The fourth-order valence-corrected chi connectivity index (χ4v) is 9.10. The molecule has 0 unspecified atom stereocenters. The Balaban J connectivity index is 1.85. The van der Waals surface area contributed by atoms with Gasteiger partial charge in [0.1, 0.15) is 41.4 Å². The van der Waals surface area contributed by atoms with Crippen LogP contribution in [0, 0.1) is 42.4 Å². The molecule has 4 heterocycles. The summed E-state index contributed by atoms with van der Waals surface area (Å²) in [5, 5.41) is 46.3. The summed E-state index contributed by atoms with van der Waals surface area (Å²) in [6, 6.07) is -0.483. The predicted molar refractivity (Wildman–Crippen MR) is 199 cm³/mol. The number of hydrogen-bond acceptors (Lipinski definition) is 13. The van der Waals surface area contributed by atoms with Gasteiger partial charge in [0.15, 0.2) is 12.6 Å². The number of hydrogen-bond donors (Lipinski definition) is 4. The zero-order chi connectivity index (χ0) is 40.5. The standard InChI is InChI=1S/C41H65NO12/c1-14-17-42(18-15-2)28-19-23(5)49-38(31(28)43)53-36-25(7)33(52-30-21-39(10,48-13)35(45)27(9)50-30)26(8)37(46)51-29(16-3)41(12,47)34(44)24(6)32-22(4)20-40(36,11)54-32/h1-2,23-31,33-36,38,43-45,47H,16-21H2,3-13H3/t23-,24+,25+,26-,27+,28+,29-,30+,31-,33+,34-,35+,36-,38+,39-,40-,41-/m1/s1. The Labute approximate surface area is 322 Å². The normalized spacial score (nSPS) is 46.4. The van der Waals surface area contributed by atoms with Gasteiger partial charge in [-0.15, -0.1) is 12.8 Å². The molecule has 0 amide bonds. The highest BCUT2D eigenvalue weighted by Crippen LogP contribution is 2.47. The van der Waals surface area contributed by atoms with Crippen LogP contribution in [0.3, 0.4) is 0 Å². The van der Waals surface area contributed by atoms with E-state index >= 15 is 0 Å². The zero-order valence-corrected chi connectivity index (χ0v) is 34.0. The molecule has 4 rings (SSSR count). The molecule has 0 aliphatic carbocycles. The first-order valence-electron chi connectivity index (χ1n) is 19.3. The van der Waals surface area contributed by atoms with Crippen LogP contribution in [-0.2, 0) is 38.0 Å². The summed E-state index contributed by atoms with van der Waals surface area (Å²) in [4.78, 5) is 16.0. The number of cyclic esters (lactones) is 1. The van der Waals surface area contributed by atoms with E-state index in [0.29, 0.717) is 18.6 Å². The van der Waals surface area contributed by atoms with Crippen LogP contribution in [0.4, 0.5) is 0 Å². The van der Waals surface area contributed by atoms with Crippen LogP contribution in [0.15, 0.2) is 11.3 Å². The minimum Gasteiger partial charge on any atom is -0.489 e. The summed E-state index contributed by atoms with van der Waals surface area (Å²) in [6.45, 7) is 18.2. The maximum absolute atomic E-state index is 14.2. The number of fused-ring (bicyclic) bond motifs is 2. The smallest absolute Gasteiger partial charge is 0.311 e. The van der Waals surface area contributed by atoms with Crippen LogP contribution in [0.1, 0.15) is 94.9 Å². The highest BCUT2D eigenvalue weighted by atomic mass is 16.7. The molecule has 3 fully saturated rings. The number of ether oxygens (including phenoxy) is 7. The number of aliphatic hydroxyl groups excluding tert-OH is 3. The van der Waals surface area contributed by atoms with Crippen molar-refractivity contribution >= 4 is 5.97 Å². The summed E-state index contributed by atoms with van der Waals surface area (Å²) < 4.78 is 44.8. The third-order valence-electron chi connectivity index (χ3n) is 12.3. The molecule has 0 spiro atoms. The number of carbonyl (C=O) groups is 1. The van der Waals surface area contributed by atoms with Crippen molar-refractivity contribution in [2.75, 3.05) is 20.2 Å². The second-order valence-corrected chi connectivity index (χ2v) is 16.7. The lowest BCUT2D eigenvalue weighted by atomic mass is 9.78. The molecule has 0 saturated carbocycles. The minimum atomic E-state index is -1.85. The summed E-state index contributed by atoms with van der Waals surface area (Å²) in [7, 11) is 1.51. The average Bonchev–Trinajstić information content (AvgIpc) is 3.44. The van der Waals surface area contributed by atoms with Crippen molar-refractivity contribution in [2.24, 2.45) is 17.8 Å². The van der Waals surface area contributed by atoms with Crippen LogP contribution >= 0.6 is 0 Å². The third-order valence-corrected chi connectivity index (χ3v) is 12.3. The Morgan fingerprint density at radius 1 is 0.963 bits per heavy atom. The number of carbonyl (C=O) groups excluding carboxylic acids is 1. The van der Waals surface area contributed by atoms with Crippen molar-refractivity contribution in [2.45, 2.75) is 179 Å². The van der Waals surface area contributed by atoms with Crippen LogP contribution in [0.2, 0.25) is 0 Å². The lowest BCUT2D eigenvalue weighted by Gasteiger charge is -2.49. The third kappa shape index (κ3) is 8.82. The topological polar surface area (TPSA) is 166 Å². The molecular formula is C41H65NO12. The maximum Gasteiger partial charge on any atom is 0.311 e. The van der Waals surface area contributed by atoms with Gasteiger partial charge in [-0.25, -0.2) is 0 Å². The molecule has 2 bridgehead atoms. The van der Waals surface area contributed by atoms with E-state index < -0.39 is 102 Å². The monoisotopic (exact) mass is 763 g/mol. The molecular weight excluding hydrogens is 698 g/mol. The Morgan fingerprint density at radius 2 is 1.59 bits per heavy atom. The number of esters is 1. The molecule has 0 aromatic heterocycles. The molecule has 54 heavy (non-hydrogen) atoms. The summed E-state index contributed by atoms with van der Waals surface area (Å²) in [6.07, 6.45) is 2.98. The van der Waals surface area contributed by atoms with Gasteiger partial charge in [-0.1, -0.05) is 32.6 Å². The van der Waals surface area contributed by atoms with Gasteiger partial charge in [0.05, 0.1) is 49.0 Å². The second-order valence-electron chi connectivity index (χ2n) is 16.7. The van der Waals surface area contributed by atoms with Gasteiger partial charge in [0.2, 0.25) is 0 Å². The first kappa shape index (κ1) is 44.4. The Hall–Kier alpha value is -2.27. The molecule has 0 aromatic rings. The van der Waals surface area contributed by atoms with Crippen molar-refractivity contribution in [1.82, 2.24) is 4.90 Å². The number of terminal acetylenes is 2. The van der Waals surface area contributed by atoms with Gasteiger partial charge in [0, 0.05) is 37.8 Å². The molecule has 306 valence electrons. The molecule has 4 N–H and O–H groups in total. The summed E-state index contributed by atoms with van der Waals surface area (Å²) in [5.74, 6) is 2.73. The lowest BCUT2D eigenvalue weighted by Crippen LogP contribution is -2.61. The van der Waals surface area contributed by atoms with Gasteiger partial charge in [-0.05, 0) is 66.9 Å². The van der Waals surface area contributed by atoms with Gasteiger partial charge in [-0.3, -0.25) is 9.69 Å². The van der Waals surface area contributed by atoms with Gasteiger partial charge >= 0.3 is 5.97 Å².